The molecule has 0 aromatic heterocycles. The third kappa shape index (κ3) is 4.29. The van der Waals surface area contributed by atoms with Gasteiger partial charge in [-0.1, -0.05) is 18.2 Å². The number of amides is 2. The Balaban J connectivity index is 1.59. The van der Waals surface area contributed by atoms with Crippen LogP contribution >= 0.6 is 0 Å². The topological polar surface area (TPSA) is 67.9 Å². The molecular formula is C19H20N2O4. The number of nitrogens with one attached hydrogen (secondary N) is 1. The highest BCUT2D eigenvalue weighted by Crippen LogP contribution is 2.32. The smallest absolute Gasteiger partial charge is 0.226 e. The number of fused-ring (bicyclic) bond motifs is 1. The Morgan fingerprint density at radius 1 is 1.04 bits per heavy atom. The number of carbonyl (C=O) groups excluding carboxylic acids is 2. The lowest BCUT2D eigenvalue weighted by Crippen LogP contribution is -2.31. The first-order valence-electron chi connectivity index (χ1n) is 8.16. The molecule has 0 unspecified atom stereocenters. The number of anilines is 2. The zero-order valence-corrected chi connectivity index (χ0v) is 14.0. The average Bonchev–Trinajstić information content (AvgIpc) is 2.62. The predicted molar refractivity (Wildman–Crippen MR) is 95.1 cm³/mol. The monoisotopic (exact) mass is 340 g/mol. The summed E-state index contributed by atoms with van der Waals surface area (Å²) in [4.78, 5) is 25.6. The second kappa shape index (κ2) is 7.70. The van der Waals surface area contributed by atoms with Gasteiger partial charge in [-0.25, -0.2) is 0 Å². The van der Waals surface area contributed by atoms with E-state index in [-0.39, 0.29) is 18.2 Å². The molecule has 25 heavy (non-hydrogen) atoms. The molecule has 2 aromatic rings. The van der Waals surface area contributed by atoms with Crippen LogP contribution in [0.4, 0.5) is 11.4 Å². The molecule has 0 fully saturated rings. The van der Waals surface area contributed by atoms with Crippen molar-refractivity contribution in [1.82, 2.24) is 0 Å². The van der Waals surface area contributed by atoms with Crippen molar-refractivity contribution in [1.29, 1.82) is 0 Å². The number of carbonyl (C=O) groups is 2. The fraction of sp³-hybridized carbons (Fsp3) is 0.263. The molecule has 0 atom stereocenters. The van der Waals surface area contributed by atoms with Gasteiger partial charge >= 0.3 is 0 Å². The van der Waals surface area contributed by atoms with Gasteiger partial charge in [0, 0.05) is 37.3 Å². The summed E-state index contributed by atoms with van der Waals surface area (Å²) in [5, 5.41) is 2.83. The van der Waals surface area contributed by atoms with Crippen LogP contribution < -0.4 is 19.7 Å². The molecule has 3 rings (SSSR count). The largest absolute Gasteiger partial charge is 0.486 e. The number of rotatable bonds is 5. The van der Waals surface area contributed by atoms with E-state index in [1.807, 2.05) is 30.3 Å². The molecule has 0 saturated heterocycles. The number of ether oxygens (including phenoxy) is 2. The average molecular weight is 340 g/mol. The first kappa shape index (κ1) is 16.8. The van der Waals surface area contributed by atoms with Crippen LogP contribution in [-0.4, -0.2) is 31.6 Å². The molecule has 130 valence electrons. The highest BCUT2D eigenvalue weighted by atomic mass is 16.6. The SMILES string of the molecule is CC(=O)N(CCC(=O)Nc1ccc2c(c1)OCCO2)c1ccccc1. The van der Waals surface area contributed by atoms with E-state index in [9.17, 15) is 9.59 Å². The molecule has 0 bridgehead atoms. The summed E-state index contributed by atoms with van der Waals surface area (Å²) in [6, 6.07) is 14.6. The number of nitrogens with zero attached hydrogens (tertiary/aromatic N) is 1. The van der Waals surface area contributed by atoms with Crippen LogP contribution in [0.25, 0.3) is 0 Å². The van der Waals surface area contributed by atoms with E-state index in [1.165, 1.54) is 6.92 Å². The molecule has 2 aromatic carbocycles. The molecule has 0 spiro atoms. The maximum atomic E-state index is 12.2. The zero-order chi connectivity index (χ0) is 17.6. The van der Waals surface area contributed by atoms with Crippen LogP contribution in [-0.2, 0) is 9.59 Å². The molecule has 1 N–H and O–H groups in total. The van der Waals surface area contributed by atoms with E-state index in [4.69, 9.17) is 9.47 Å². The summed E-state index contributed by atoms with van der Waals surface area (Å²) in [5.41, 5.74) is 1.42. The minimum absolute atomic E-state index is 0.0988. The molecule has 1 aliphatic rings. The Morgan fingerprint density at radius 3 is 2.48 bits per heavy atom. The summed E-state index contributed by atoms with van der Waals surface area (Å²) in [6.07, 6.45) is 0.197. The summed E-state index contributed by atoms with van der Waals surface area (Å²) in [6.45, 7) is 2.83. The van der Waals surface area contributed by atoms with Gasteiger partial charge in [-0.15, -0.1) is 0 Å². The van der Waals surface area contributed by atoms with E-state index >= 15 is 0 Å². The van der Waals surface area contributed by atoms with Crippen molar-refractivity contribution >= 4 is 23.2 Å². The highest BCUT2D eigenvalue weighted by Gasteiger charge is 2.15. The van der Waals surface area contributed by atoms with E-state index in [0.29, 0.717) is 36.9 Å². The van der Waals surface area contributed by atoms with Crippen LogP contribution in [0.3, 0.4) is 0 Å². The van der Waals surface area contributed by atoms with E-state index in [1.54, 1.807) is 23.1 Å². The first-order chi connectivity index (χ1) is 12.1. The Labute approximate surface area is 146 Å². The van der Waals surface area contributed by atoms with Gasteiger partial charge in [0.05, 0.1) is 0 Å². The lowest BCUT2D eigenvalue weighted by Gasteiger charge is -2.21. The van der Waals surface area contributed by atoms with E-state index < -0.39 is 0 Å². The molecule has 0 saturated carbocycles. The zero-order valence-electron chi connectivity index (χ0n) is 14.0. The number of para-hydroxylation sites is 1. The second-order valence-corrected chi connectivity index (χ2v) is 5.66. The van der Waals surface area contributed by atoms with E-state index in [2.05, 4.69) is 5.32 Å². The van der Waals surface area contributed by atoms with Crippen molar-refractivity contribution in [3.8, 4) is 11.5 Å². The van der Waals surface area contributed by atoms with Crippen LogP contribution in [0.1, 0.15) is 13.3 Å². The van der Waals surface area contributed by atoms with Gasteiger partial charge in [0.2, 0.25) is 11.8 Å². The molecule has 0 aliphatic carbocycles. The third-order valence-electron chi connectivity index (χ3n) is 3.84. The standard InChI is InChI=1S/C19H20N2O4/c1-14(22)21(16-5-3-2-4-6-16)10-9-19(23)20-15-7-8-17-18(13-15)25-12-11-24-17/h2-8,13H,9-12H2,1H3,(H,20,23). The predicted octanol–water partition coefficient (Wildman–Crippen LogP) is 2.84. The van der Waals surface area contributed by atoms with Crippen LogP contribution in [0.5, 0.6) is 11.5 Å². The summed E-state index contributed by atoms with van der Waals surface area (Å²) < 4.78 is 11.0. The summed E-state index contributed by atoms with van der Waals surface area (Å²) in [5.74, 6) is 1.03. The highest BCUT2D eigenvalue weighted by molar-refractivity contribution is 5.94. The van der Waals surface area contributed by atoms with Crippen molar-refractivity contribution in [2.45, 2.75) is 13.3 Å². The van der Waals surface area contributed by atoms with Gasteiger partial charge in [0.25, 0.3) is 0 Å². The van der Waals surface area contributed by atoms with Crippen molar-refractivity contribution < 1.29 is 19.1 Å². The molecule has 6 nitrogen and oxygen atoms in total. The first-order valence-corrected chi connectivity index (χ1v) is 8.16. The maximum absolute atomic E-state index is 12.2. The molecular weight excluding hydrogens is 320 g/mol. The minimum Gasteiger partial charge on any atom is -0.486 e. The second-order valence-electron chi connectivity index (χ2n) is 5.66. The van der Waals surface area contributed by atoms with Gasteiger partial charge in [-0.05, 0) is 24.3 Å². The Bertz CT molecular complexity index is 761. The van der Waals surface area contributed by atoms with Crippen molar-refractivity contribution in [3.63, 3.8) is 0 Å². The fourth-order valence-electron chi connectivity index (χ4n) is 2.63. The van der Waals surface area contributed by atoms with Gasteiger partial charge in [-0.3, -0.25) is 9.59 Å². The van der Waals surface area contributed by atoms with Gasteiger partial charge in [-0.2, -0.15) is 0 Å². The minimum atomic E-state index is -0.168. The Hall–Kier alpha value is -3.02. The quantitative estimate of drug-likeness (QED) is 0.909. The van der Waals surface area contributed by atoms with E-state index in [0.717, 1.165) is 5.69 Å². The summed E-state index contributed by atoms with van der Waals surface area (Å²) >= 11 is 0. The number of benzene rings is 2. The lowest BCUT2D eigenvalue weighted by atomic mass is 10.2. The van der Waals surface area contributed by atoms with Crippen molar-refractivity contribution in [3.05, 3.63) is 48.5 Å². The molecule has 0 radical (unpaired) electrons. The lowest BCUT2D eigenvalue weighted by molar-refractivity contribution is -0.117. The van der Waals surface area contributed by atoms with Crippen LogP contribution in [0.2, 0.25) is 0 Å². The third-order valence-corrected chi connectivity index (χ3v) is 3.84. The van der Waals surface area contributed by atoms with Crippen molar-refractivity contribution in [2.24, 2.45) is 0 Å². The summed E-state index contributed by atoms with van der Waals surface area (Å²) in [7, 11) is 0. The molecule has 6 heteroatoms. The van der Waals surface area contributed by atoms with Crippen LogP contribution in [0.15, 0.2) is 48.5 Å². The Morgan fingerprint density at radius 2 is 1.76 bits per heavy atom. The molecule has 1 aliphatic heterocycles. The van der Waals surface area contributed by atoms with Crippen molar-refractivity contribution in [2.75, 3.05) is 30.0 Å². The molecule has 1 heterocycles. The maximum Gasteiger partial charge on any atom is 0.226 e. The fourth-order valence-corrected chi connectivity index (χ4v) is 2.63. The number of hydrogen-bond donors (Lipinski definition) is 1. The van der Waals surface area contributed by atoms with Gasteiger partial charge in [0.15, 0.2) is 11.5 Å². The number of hydrogen-bond acceptors (Lipinski definition) is 4. The Kier molecular flexibility index (Phi) is 5.18. The molecule has 2 amide bonds. The normalized spacial score (nSPS) is 12.4. The van der Waals surface area contributed by atoms with Crippen LogP contribution in [0, 0.1) is 0 Å². The van der Waals surface area contributed by atoms with Gasteiger partial charge < -0.3 is 19.7 Å². The van der Waals surface area contributed by atoms with Gasteiger partial charge in [0.1, 0.15) is 13.2 Å².